The summed E-state index contributed by atoms with van der Waals surface area (Å²) in [7, 11) is -3.68. The molecule has 0 radical (unpaired) electrons. The molecule has 1 aromatic rings. The molecular formula is C13H18NNaO5S. The topological polar surface area (TPSA) is 86.7 Å². The predicted molar refractivity (Wildman–Crippen MR) is 74.7 cm³/mol. The Bertz CT molecular complexity index is 733. The summed E-state index contributed by atoms with van der Waals surface area (Å²) in [4.78, 5) is 13.0. The van der Waals surface area contributed by atoms with Crippen LogP contribution >= 0.6 is 0 Å². The average Bonchev–Trinajstić information content (AvgIpc) is 2.43. The van der Waals surface area contributed by atoms with Gasteiger partial charge in [0.05, 0.1) is 6.61 Å². The Hall–Kier alpha value is -0.440. The van der Waals surface area contributed by atoms with E-state index in [4.69, 9.17) is 13.0 Å². The number of methoxy groups -OCH3 is 1. The van der Waals surface area contributed by atoms with Crippen LogP contribution in [0.2, 0.25) is 0 Å². The first-order chi connectivity index (χ1) is 11.7. The Morgan fingerprint density at radius 1 is 1.38 bits per heavy atom. The maximum atomic E-state index is 12.3. The van der Waals surface area contributed by atoms with Crippen molar-refractivity contribution in [3.05, 3.63) is 29.3 Å². The molecule has 0 aliphatic rings. The molecule has 0 fully saturated rings. The van der Waals surface area contributed by atoms with Crippen molar-refractivity contribution in [3.8, 4) is 0 Å². The van der Waals surface area contributed by atoms with Gasteiger partial charge in [-0.3, -0.25) is 4.79 Å². The largest absolute Gasteiger partial charge is 1.00 e. The van der Waals surface area contributed by atoms with Gasteiger partial charge in [-0.25, -0.2) is 8.42 Å². The molecule has 112 valence electrons. The number of anilines is 1. The van der Waals surface area contributed by atoms with Crippen molar-refractivity contribution in [2.24, 2.45) is 0 Å². The van der Waals surface area contributed by atoms with Gasteiger partial charge in [0, 0.05) is 27.6 Å². The molecule has 0 bridgehead atoms. The quantitative estimate of drug-likeness (QED) is 0.438. The van der Waals surface area contributed by atoms with Gasteiger partial charge in [0.15, 0.2) is 0 Å². The van der Waals surface area contributed by atoms with Crippen molar-refractivity contribution in [2.45, 2.75) is 13.7 Å². The molecular weight excluding hydrogens is 305 g/mol. The number of carbonyl (C=O) groups is 1. The van der Waals surface area contributed by atoms with Crippen LogP contribution in [0.1, 0.15) is 19.4 Å². The van der Waals surface area contributed by atoms with E-state index in [2.05, 4.69) is 0 Å². The van der Waals surface area contributed by atoms with Crippen LogP contribution in [0.3, 0.4) is 0 Å². The number of amides is 1. The summed E-state index contributed by atoms with van der Waals surface area (Å²) >= 11 is 0. The molecule has 0 aromatic heterocycles. The summed E-state index contributed by atoms with van der Waals surface area (Å²) < 4.78 is 83.3. The zero-order valence-electron chi connectivity index (χ0n) is 17.8. The number of carbonyl (C=O) groups excluding carboxylic acids is 1. The van der Waals surface area contributed by atoms with Crippen LogP contribution in [0.15, 0.2) is 18.2 Å². The molecule has 1 rings (SSSR count). The minimum Gasteiger partial charge on any atom is -0.748 e. The van der Waals surface area contributed by atoms with E-state index in [0.29, 0.717) is 4.90 Å². The molecule has 0 aliphatic carbocycles. The third kappa shape index (κ3) is 6.46. The van der Waals surface area contributed by atoms with Gasteiger partial charge in [-0.05, 0) is 24.8 Å². The number of ether oxygens (including phenoxy) is 1. The summed E-state index contributed by atoms with van der Waals surface area (Å²) in [5.41, 5.74) is -1.35. The van der Waals surface area contributed by atoms with E-state index in [1.807, 2.05) is 0 Å². The third-order valence-electron chi connectivity index (χ3n) is 2.43. The molecule has 1 amide bonds. The molecule has 1 aromatic carbocycles. The van der Waals surface area contributed by atoms with Crippen LogP contribution < -0.4 is 34.5 Å². The van der Waals surface area contributed by atoms with E-state index in [9.17, 15) is 17.8 Å². The van der Waals surface area contributed by atoms with Crippen molar-refractivity contribution in [1.82, 2.24) is 0 Å². The summed E-state index contributed by atoms with van der Waals surface area (Å²) in [5.74, 6) is -2.67. The minimum atomic E-state index is -4.96. The van der Waals surface area contributed by atoms with Gasteiger partial charge in [0.25, 0.3) is 0 Å². The molecule has 0 aliphatic heterocycles. The Balaban J connectivity index is 0.00000676. The summed E-state index contributed by atoms with van der Waals surface area (Å²) in [6.45, 7) is -6.03. The normalized spacial score (nSPS) is 16.3. The van der Waals surface area contributed by atoms with Crippen LogP contribution in [0.25, 0.3) is 0 Å². The van der Waals surface area contributed by atoms with E-state index in [0.717, 1.165) is 12.1 Å². The Kier molecular flexibility index (Phi) is 5.09. The third-order valence-corrected chi connectivity index (χ3v) is 3.03. The maximum Gasteiger partial charge on any atom is 1.00 e. The van der Waals surface area contributed by atoms with Crippen LogP contribution in [0.4, 0.5) is 5.69 Å². The Morgan fingerprint density at radius 2 is 1.95 bits per heavy atom. The molecule has 0 unspecified atom stereocenters. The van der Waals surface area contributed by atoms with Gasteiger partial charge in [-0.1, -0.05) is 18.2 Å². The molecule has 0 saturated heterocycles. The van der Waals surface area contributed by atoms with E-state index in [1.165, 1.54) is 13.2 Å². The summed E-state index contributed by atoms with van der Waals surface area (Å²) in [6, 6.07) is 3.46. The number of hydrogen-bond donors (Lipinski definition) is 0. The molecule has 8 heteroatoms. The van der Waals surface area contributed by atoms with Crippen LogP contribution in [0.5, 0.6) is 0 Å². The monoisotopic (exact) mass is 329 g/mol. The fraction of sp³-hybridized carbons (Fsp3) is 0.462. The molecule has 0 saturated carbocycles. The number of aryl methyl sites for hydroxylation is 2. The summed E-state index contributed by atoms with van der Waals surface area (Å²) in [5, 5.41) is 0. The van der Waals surface area contributed by atoms with Gasteiger partial charge in [-0.15, -0.1) is 0 Å². The van der Waals surface area contributed by atoms with Crippen molar-refractivity contribution in [2.75, 3.05) is 30.9 Å². The average molecular weight is 329 g/mol. The molecule has 0 atom stereocenters. The van der Waals surface area contributed by atoms with E-state index in [1.54, 1.807) is 0 Å². The predicted octanol–water partition coefficient (Wildman–Crippen LogP) is -2.17. The van der Waals surface area contributed by atoms with E-state index < -0.39 is 52.3 Å². The van der Waals surface area contributed by atoms with Crippen molar-refractivity contribution in [1.29, 1.82) is 0 Å². The fourth-order valence-corrected chi connectivity index (χ4v) is 2.07. The van der Waals surface area contributed by atoms with Gasteiger partial charge < -0.3 is 14.2 Å². The number of para-hydroxylation sites is 1. The van der Waals surface area contributed by atoms with Gasteiger partial charge in [-0.2, -0.15) is 0 Å². The van der Waals surface area contributed by atoms with Crippen LogP contribution in [0, 0.1) is 13.7 Å². The zero-order chi connectivity index (χ0) is 20.3. The van der Waals surface area contributed by atoms with Gasteiger partial charge in [0.1, 0.15) is 15.9 Å². The van der Waals surface area contributed by atoms with Crippen molar-refractivity contribution < 1.29 is 60.3 Å². The van der Waals surface area contributed by atoms with Crippen molar-refractivity contribution in [3.63, 3.8) is 0 Å². The molecule has 21 heavy (non-hydrogen) atoms. The number of hydrogen-bond acceptors (Lipinski definition) is 5. The second-order valence-corrected chi connectivity index (χ2v) is 5.35. The van der Waals surface area contributed by atoms with Gasteiger partial charge >= 0.3 is 29.6 Å². The second kappa shape index (κ2) is 8.87. The Morgan fingerprint density at radius 3 is 2.38 bits per heavy atom. The van der Waals surface area contributed by atoms with Crippen molar-refractivity contribution >= 4 is 21.7 Å². The van der Waals surface area contributed by atoms with Crippen LogP contribution in [-0.4, -0.2) is 44.9 Å². The molecule has 0 spiro atoms. The van der Waals surface area contributed by atoms with Gasteiger partial charge in [0.2, 0.25) is 5.91 Å². The number of rotatable bonds is 6. The Labute approximate surface area is 155 Å². The molecule has 6 nitrogen and oxygen atoms in total. The molecule has 0 N–H and O–H groups in total. The zero-order valence-corrected chi connectivity index (χ0v) is 14.6. The number of nitrogens with zero attached hydrogens (tertiary/aromatic N) is 1. The van der Waals surface area contributed by atoms with E-state index in [-0.39, 0.29) is 42.7 Å². The summed E-state index contributed by atoms with van der Waals surface area (Å²) in [6.07, 6.45) is 0. The first kappa shape index (κ1) is 12.0. The first-order valence-corrected chi connectivity index (χ1v) is 7.13. The molecule has 0 heterocycles. The van der Waals surface area contributed by atoms with E-state index >= 15 is 0 Å². The maximum absolute atomic E-state index is 12.3. The SMILES string of the molecule is [2H]C([2H])([2H])c1cccc(C([2H])([2H])[2H])c1N(CCOC)C(=O)CS(=O)(=O)[O-].[Na+]. The first-order valence-electron chi connectivity index (χ1n) is 8.55. The fourth-order valence-electron chi connectivity index (χ4n) is 1.61. The second-order valence-electron chi connectivity index (χ2n) is 3.94. The minimum absolute atomic E-state index is 0. The standard InChI is InChI=1S/C13H19NO5S.Na/c1-10-5-4-6-11(2)13(10)14(7-8-19-3)12(15)9-20(16,17)18;/h4-6H,7-9H2,1-3H3,(H,16,17,18);/q;+1/p-1/i1D3,2D3;. The smallest absolute Gasteiger partial charge is 0.748 e. The number of benzene rings is 1. The van der Waals surface area contributed by atoms with Crippen LogP contribution in [-0.2, 0) is 19.6 Å².